The fourth-order valence-electron chi connectivity index (χ4n) is 2.55. The van der Waals surface area contributed by atoms with Crippen LogP contribution in [0.1, 0.15) is 37.8 Å². The van der Waals surface area contributed by atoms with E-state index in [4.69, 9.17) is 4.74 Å². The Labute approximate surface area is 110 Å². The molecule has 100 valence electrons. The molecule has 18 heavy (non-hydrogen) atoms. The van der Waals surface area contributed by atoms with E-state index >= 15 is 0 Å². The minimum atomic E-state index is 0.721. The summed E-state index contributed by atoms with van der Waals surface area (Å²) in [5.74, 6) is 1.79. The summed E-state index contributed by atoms with van der Waals surface area (Å²) in [5, 5.41) is 3.50. The molecule has 0 aliphatic heterocycles. The Morgan fingerprint density at radius 3 is 2.94 bits per heavy atom. The van der Waals surface area contributed by atoms with Gasteiger partial charge in [0.1, 0.15) is 12.4 Å². The van der Waals surface area contributed by atoms with E-state index in [2.05, 4.69) is 10.3 Å². The van der Waals surface area contributed by atoms with Crippen molar-refractivity contribution >= 4 is 0 Å². The first kappa shape index (κ1) is 13.3. The van der Waals surface area contributed by atoms with Crippen LogP contribution < -0.4 is 10.1 Å². The van der Waals surface area contributed by atoms with Gasteiger partial charge in [-0.05, 0) is 44.4 Å². The number of hydrogen-bond acceptors (Lipinski definition) is 3. The molecule has 0 amide bonds. The van der Waals surface area contributed by atoms with Crippen LogP contribution >= 0.6 is 0 Å². The average Bonchev–Trinajstić information content (AvgIpc) is 2.42. The van der Waals surface area contributed by atoms with Gasteiger partial charge in [-0.15, -0.1) is 0 Å². The lowest BCUT2D eigenvalue weighted by atomic mass is 9.89. The predicted octanol–water partition coefficient (Wildman–Crippen LogP) is 2.94. The normalized spacial score (nSPS) is 16.7. The molecule has 0 aromatic carbocycles. The fourth-order valence-corrected chi connectivity index (χ4v) is 2.55. The molecule has 1 fully saturated rings. The van der Waals surface area contributed by atoms with Crippen molar-refractivity contribution in [1.29, 1.82) is 0 Å². The van der Waals surface area contributed by atoms with Crippen LogP contribution in [-0.2, 0) is 0 Å². The highest BCUT2D eigenvalue weighted by Gasteiger charge is 2.12. The maximum Gasteiger partial charge on any atom is 0.140 e. The Morgan fingerprint density at radius 1 is 1.33 bits per heavy atom. The number of aryl methyl sites for hydroxylation is 1. The summed E-state index contributed by atoms with van der Waals surface area (Å²) in [6.07, 6.45) is 8.85. The number of ether oxygens (including phenoxy) is 1. The van der Waals surface area contributed by atoms with Crippen LogP contribution in [0.5, 0.6) is 5.75 Å². The van der Waals surface area contributed by atoms with Gasteiger partial charge < -0.3 is 10.1 Å². The SMILES string of the molecule is Cc1ncccc1OCCNCC1CCCCC1. The first-order valence-corrected chi connectivity index (χ1v) is 7.11. The summed E-state index contributed by atoms with van der Waals surface area (Å²) in [6, 6.07) is 3.89. The Kier molecular flexibility index (Phi) is 5.46. The summed E-state index contributed by atoms with van der Waals surface area (Å²) in [7, 11) is 0. The Bertz CT molecular complexity index is 348. The number of rotatable bonds is 6. The number of hydrogen-bond donors (Lipinski definition) is 1. The third-order valence-corrected chi connectivity index (χ3v) is 3.65. The van der Waals surface area contributed by atoms with Crippen LogP contribution in [0, 0.1) is 12.8 Å². The molecule has 0 unspecified atom stereocenters. The van der Waals surface area contributed by atoms with E-state index in [1.54, 1.807) is 6.20 Å². The van der Waals surface area contributed by atoms with Crippen molar-refractivity contribution in [3.63, 3.8) is 0 Å². The van der Waals surface area contributed by atoms with E-state index in [1.165, 1.54) is 32.1 Å². The van der Waals surface area contributed by atoms with Crippen molar-refractivity contribution < 1.29 is 4.74 Å². The van der Waals surface area contributed by atoms with E-state index in [1.807, 2.05) is 19.1 Å². The summed E-state index contributed by atoms with van der Waals surface area (Å²) >= 11 is 0. The standard InChI is InChI=1S/C15H24N2O/c1-13-15(8-5-9-17-13)18-11-10-16-12-14-6-3-2-4-7-14/h5,8-9,14,16H,2-4,6-7,10-12H2,1H3. The first-order chi connectivity index (χ1) is 8.86. The maximum atomic E-state index is 5.70. The number of aromatic nitrogens is 1. The van der Waals surface area contributed by atoms with E-state index in [0.29, 0.717) is 0 Å². The lowest BCUT2D eigenvalue weighted by Crippen LogP contribution is -2.28. The summed E-state index contributed by atoms with van der Waals surface area (Å²) < 4.78 is 5.70. The quantitative estimate of drug-likeness (QED) is 0.786. The summed E-state index contributed by atoms with van der Waals surface area (Å²) in [5.41, 5.74) is 0.963. The van der Waals surface area contributed by atoms with E-state index in [-0.39, 0.29) is 0 Å². The molecule has 0 radical (unpaired) electrons. The molecule has 1 N–H and O–H groups in total. The molecule has 0 saturated heterocycles. The second-order valence-electron chi connectivity index (χ2n) is 5.14. The van der Waals surface area contributed by atoms with Crippen molar-refractivity contribution in [2.24, 2.45) is 5.92 Å². The molecule has 0 spiro atoms. The first-order valence-electron chi connectivity index (χ1n) is 7.11. The van der Waals surface area contributed by atoms with Crippen LogP contribution in [0.15, 0.2) is 18.3 Å². The van der Waals surface area contributed by atoms with Crippen LogP contribution in [0.2, 0.25) is 0 Å². The minimum absolute atomic E-state index is 0.721. The molecule has 3 nitrogen and oxygen atoms in total. The lowest BCUT2D eigenvalue weighted by molar-refractivity contribution is 0.292. The molecule has 1 aromatic rings. The van der Waals surface area contributed by atoms with Crippen molar-refractivity contribution in [2.75, 3.05) is 19.7 Å². The van der Waals surface area contributed by atoms with Crippen LogP contribution in [0.4, 0.5) is 0 Å². The highest BCUT2D eigenvalue weighted by molar-refractivity contribution is 5.25. The van der Waals surface area contributed by atoms with Gasteiger partial charge in [0, 0.05) is 12.7 Å². The Balaban J connectivity index is 1.57. The highest BCUT2D eigenvalue weighted by atomic mass is 16.5. The molecule has 1 aliphatic rings. The number of nitrogens with zero attached hydrogens (tertiary/aromatic N) is 1. The van der Waals surface area contributed by atoms with Crippen LogP contribution in [0.3, 0.4) is 0 Å². The average molecular weight is 248 g/mol. The molecule has 0 bridgehead atoms. The van der Waals surface area contributed by atoms with Gasteiger partial charge in [-0.3, -0.25) is 4.98 Å². The summed E-state index contributed by atoms with van der Waals surface area (Å²) in [4.78, 5) is 4.21. The van der Waals surface area contributed by atoms with Gasteiger partial charge in [0.05, 0.1) is 5.69 Å². The van der Waals surface area contributed by atoms with E-state index < -0.39 is 0 Å². The third kappa shape index (κ3) is 4.30. The minimum Gasteiger partial charge on any atom is -0.490 e. The maximum absolute atomic E-state index is 5.70. The second kappa shape index (κ2) is 7.37. The molecular weight excluding hydrogens is 224 g/mol. The second-order valence-corrected chi connectivity index (χ2v) is 5.14. The van der Waals surface area contributed by atoms with Crippen molar-refractivity contribution in [3.8, 4) is 5.75 Å². The van der Waals surface area contributed by atoms with E-state index in [0.717, 1.165) is 37.1 Å². The van der Waals surface area contributed by atoms with Crippen molar-refractivity contribution in [3.05, 3.63) is 24.0 Å². The van der Waals surface area contributed by atoms with Crippen molar-refractivity contribution in [1.82, 2.24) is 10.3 Å². The molecule has 0 atom stereocenters. The fraction of sp³-hybridized carbons (Fsp3) is 0.667. The third-order valence-electron chi connectivity index (χ3n) is 3.65. The molecule has 2 rings (SSSR count). The molecule has 1 aromatic heterocycles. The van der Waals surface area contributed by atoms with Gasteiger partial charge in [0.25, 0.3) is 0 Å². The molecule has 1 heterocycles. The zero-order valence-electron chi connectivity index (χ0n) is 11.3. The van der Waals surface area contributed by atoms with Crippen molar-refractivity contribution in [2.45, 2.75) is 39.0 Å². The van der Waals surface area contributed by atoms with Gasteiger partial charge in [0.15, 0.2) is 0 Å². The predicted molar refractivity (Wildman–Crippen MR) is 73.9 cm³/mol. The van der Waals surface area contributed by atoms with Crippen LogP contribution in [-0.4, -0.2) is 24.7 Å². The van der Waals surface area contributed by atoms with Gasteiger partial charge in [0.2, 0.25) is 0 Å². The highest BCUT2D eigenvalue weighted by Crippen LogP contribution is 2.22. The van der Waals surface area contributed by atoms with Gasteiger partial charge in [-0.1, -0.05) is 19.3 Å². The van der Waals surface area contributed by atoms with E-state index in [9.17, 15) is 0 Å². The van der Waals surface area contributed by atoms with Crippen LogP contribution in [0.25, 0.3) is 0 Å². The molecule has 1 aliphatic carbocycles. The molecule has 1 saturated carbocycles. The largest absolute Gasteiger partial charge is 0.490 e. The number of nitrogens with one attached hydrogen (secondary N) is 1. The number of pyridine rings is 1. The van der Waals surface area contributed by atoms with Gasteiger partial charge in [-0.2, -0.15) is 0 Å². The van der Waals surface area contributed by atoms with Gasteiger partial charge in [-0.25, -0.2) is 0 Å². The summed E-state index contributed by atoms with van der Waals surface area (Å²) in [6.45, 7) is 4.77. The topological polar surface area (TPSA) is 34.1 Å². The zero-order chi connectivity index (χ0) is 12.6. The van der Waals surface area contributed by atoms with Gasteiger partial charge >= 0.3 is 0 Å². The monoisotopic (exact) mass is 248 g/mol. The Morgan fingerprint density at radius 2 is 2.17 bits per heavy atom. The Hall–Kier alpha value is -1.09. The smallest absolute Gasteiger partial charge is 0.140 e. The lowest BCUT2D eigenvalue weighted by Gasteiger charge is -2.21. The zero-order valence-corrected chi connectivity index (χ0v) is 11.3. The molecule has 3 heteroatoms. The molecular formula is C15H24N2O.